The lowest BCUT2D eigenvalue weighted by Crippen LogP contribution is -2.34. The topological polar surface area (TPSA) is 15.3 Å². The standard InChI is InChI=1S/C17H29BrN2/c1-7-19-14(6)16-9-8-15(10-17(16)18)20(13(4)5)11-12(2)3/h8-10,12-14,19H,7,11H2,1-6H3. The highest BCUT2D eigenvalue weighted by atomic mass is 79.9. The number of hydrogen-bond acceptors (Lipinski definition) is 2. The van der Waals surface area contributed by atoms with Gasteiger partial charge in [-0.25, -0.2) is 0 Å². The van der Waals surface area contributed by atoms with Gasteiger partial charge in [-0.2, -0.15) is 0 Å². The van der Waals surface area contributed by atoms with Crippen LogP contribution in [0.4, 0.5) is 5.69 Å². The summed E-state index contributed by atoms with van der Waals surface area (Å²) < 4.78 is 1.19. The first-order valence-corrected chi connectivity index (χ1v) is 8.45. The monoisotopic (exact) mass is 340 g/mol. The second kappa shape index (κ2) is 8.04. The summed E-state index contributed by atoms with van der Waals surface area (Å²) in [5, 5.41) is 3.46. The van der Waals surface area contributed by atoms with Gasteiger partial charge in [-0.1, -0.05) is 42.8 Å². The number of nitrogens with one attached hydrogen (secondary N) is 1. The molecule has 0 aliphatic rings. The number of hydrogen-bond donors (Lipinski definition) is 1. The predicted octanol–water partition coefficient (Wildman–Crippen LogP) is 4.99. The Morgan fingerprint density at radius 2 is 1.80 bits per heavy atom. The van der Waals surface area contributed by atoms with Crippen molar-refractivity contribution in [3.63, 3.8) is 0 Å². The molecule has 1 atom stereocenters. The third-order valence-electron chi connectivity index (χ3n) is 3.48. The minimum Gasteiger partial charge on any atom is -0.369 e. The minimum atomic E-state index is 0.376. The Kier molecular flexibility index (Phi) is 7.04. The van der Waals surface area contributed by atoms with Crippen LogP contribution in [0.5, 0.6) is 0 Å². The maximum atomic E-state index is 3.73. The van der Waals surface area contributed by atoms with Crippen LogP contribution in [0.15, 0.2) is 22.7 Å². The van der Waals surface area contributed by atoms with E-state index in [1.165, 1.54) is 15.7 Å². The summed E-state index contributed by atoms with van der Waals surface area (Å²) in [4.78, 5) is 2.47. The van der Waals surface area contributed by atoms with Crippen LogP contribution < -0.4 is 10.2 Å². The van der Waals surface area contributed by atoms with Gasteiger partial charge in [0.1, 0.15) is 0 Å². The molecule has 0 fully saturated rings. The molecule has 0 saturated carbocycles. The predicted molar refractivity (Wildman–Crippen MR) is 93.6 cm³/mol. The molecule has 3 heteroatoms. The molecule has 0 spiro atoms. The summed E-state index contributed by atoms with van der Waals surface area (Å²) in [6.07, 6.45) is 0. The number of halogens is 1. The normalized spacial score (nSPS) is 13.1. The first-order chi connectivity index (χ1) is 9.36. The largest absolute Gasteiger partial charge is 0.369 e. The molecule has 2 nitrogen and oxygen atoms in total. The maximum absolute atomic E-state index is 3.73. The van der Waals surface area contributed by atoms with Gasteiger partial charge in [-0.15, -0.1) is 0 Å². The number of anilines is 1. The van der Waals surface area contributed by atoms with Gasteiger partial charge in [-0.05, 0) is 50.9 Å². The molecule has 0 aliphatic heterocycles. The summed E-state index contributed by atoms with van der Waals surface area (Å²) in [5.41, 5.74) is 2.62. The van der Waals surface area contributed by atoms with E-state index >= 15 is 0 Å². The molecule has 20 heavy (non-hydrogen) atoms. The lowest BCUT2D eigenvalue weighted by Gasteiger charge is -2.31. The first kappa shape index (κ1) is 17.5. The molecule has 0 heterocycles. The maximum Gasteiger partial charge on any atom is 0.0380 e. The van der Waals surface area contributed by atoms with E-state index in [0.29, 0.717) is 18.0 Å². The smallest absolute Gasteiger partial charge is 0.0380 e. The lowest BCUT2D eigenvalue weighted by molar-refractivity contribution is 0.570. The van der Waals surface area contributed by atoms with E-state index in [-0.39, 0.29) is 0 Å². The van der Waals surface area contributed by atoms with Crippen LogP contribution in [0.3, 0.4) is 0 Å². The van der Waals surface area contributed by atoms with Crippen LogP contribution >= 0.6 is 15.9 Å². The summed E-state index contributed by atoms with van der Waals surface area (Å²) >= 11 is 3.73. The van der Waals surface area contributed by atoms with Crippen LogP contribution in [0, 0.1) is 5.92 Å². The van der Waals surface area contributed by atoms with Crippen molar-refractivity contribution in [1.82, 2.24) is 5.32 Å². The zero-order chi connectivity index (χ0) is 15.3. The zero-order valence-electron chi connectivity index (χ0n) is 13.7. The van der Waals surface area contributed by atoms with Crippen molar-refractivity contribution in [3.8, 4) is 0 Å². The van der Waals surface area contributed by atoms with Gasteiger partial charge < -0.3 is 10.2 Å². The van der Waals surface area contributed by atoms with Gasteiger partial charge in [0.05, 0.1) is 0 Å². The van der Waals surface area contributed by atoms with Crippen molar-refractivity contribution < 1.29 is 0 Å². The summed E-state index contributed by atoms with van der Waals surface area (Å²) in [6, 6.07) is 7.63. The molecule has 114 valence electrons. The highest BCUT2D eigenvalue weighted by Crippen LogP contribution is 2.29. The molecular formula is C17H29BrN2. The molecule has 1 N–H and O–H groups in total. The van der Waals surface area contributed by atoms with Gasteiger partial charge >= 0.3 is 0 Å². The van der Waals surface area contributed by atoms with E-state index in [1.54, 1.807) is 0 Å². The quantitative estimate of drug-likeness (QED) is 0.752. The van der Waals surface area contributed by atoms with Gasteiger partial charge in [0.15, 0.2) is 0 Å². The number of benzene rings is 1. The van der Waals surface area contributed by atoms with E-state index in [1.807, 2.05) is 0 Å². The van der Waals surface area contributed by atoms with E-state index in [2.05, 4.69) is 85.9 Å². The first-order valence-electron chi connectivity index (χ1n) is 7.66. The molecule has 1 aromatic carbocycles. The Balaban J connectivity index is 2.99. The molecule has 1 unspecified atom stereocenters. The zero-order valence-corrected chi connectivity index (χ0v) is 15.3. The fourth-order valence-electron chi connectivity index (χ4n) is 2.47. The van der Waals surface area contributed by atoms with E-state index < -0.39 is 0 Å². The van der Waals surface area contributed by atoms with Crippen molar-refractivity contribution in [2.45, 2.75) is 53.6 Å². The van der Waals surface area contributed by atoms with E-state index in [0.717, 1.165) is 13.1 Å². The van der Waals surface area contributed by atoms with Crippen molar-refractivity contribution in [1.29, 1.82) is 0 Å². The van der Waals surface area contributed by atoms with Gasteiger partial charge in [-0.3, -0.25) is 0 Å². The second-order valence-corrected chi connectivity index (χ2v) is 6.98. The third-order valence-corrected chi connectivity index (χ3v) is 4.16. The van der Waals surface area contributed by atoms with E-state index in [9.17, 15) is 0 Å². The summed E-state index contributed by atoms with van der Waals surface area (Å²) in [6.45, 7) is 15.5. The molecule has 0 saturated heterocycles. The molecular weight excluding hydrogens is 312 g/mol. The molecule has 0 radical (unpaired) electrons. The van der Waals surface area contributed by atoms with Crippen LogP contribution in [-0.2, 0) is 0 Å². The lowest BCUT2D eigenvalue weighted by atomic mass is 10.1. The fraction of sp³-hybridized carbons (Fsp3) is 0.647. The van der Waals surface area contributed by atoms with Crippen molar-refractivity contribution in [2.24, 2.45) is 5.92 Å². The van der Waals surface area contributed by atoms with Crippen LogP contribution in [-0.4, -0.2) is 19.1 Å². The third kappa shape index (κ3) is 4.78. The van der Waals surface area contributed by atoms with Crippen LogP contribution in [0.1, 0.15) is 53.1 Å². The molecule has 0 aliphatic carbocycles. The second-order valence-electron chi connectivity index (χ2n) is 6.13. The van der Waals surface area contributed by atoms with Crippen LogP contribution in [0.25, 0.3) is 0 Å². The fourth-order valence-corrected chi connectivity index (χ4v) is 3.18. The Morgan fingerprint density at radius 3 is 2.25 bits per heavy atom. The average molecular weight is 341 g/mol. The molecule has 0 aromatic heterocycles. The Labute approximate surface area is 133 Å². The molecule has 1 rings (SSSR count). The summed E-state index contributed by atoms with van der Waals surface area (Å²) in [7, 11) is 0. The number of rotatable bonds is 7. The Bertz CT molecular complexity index is 415. The summed E-state index contributed by atoms with van der Waals surface area (Å²) in [5.74, 6) is 0.663. The minimum absolute atomic E-state index is 0.376. The van der Waals surface area contributed by atoms with Crippen molar-refractivity contribution >= 4 is 21.6 Å². The van der Waals surface area contributed by atoms with Crippen molar-refractivity contribution in [3.05, 3.63) is 28.2 Å². The Hall–Kier alpha value is -0.540. The highest BCUT2D eigenvalue weighted by molar-refractivity contribution is 9.10. The van der Waals surface area contributed by atoms with Gasteiger partial charge in [0.2, 0.25) is 0 Å². The molecule has 0 amide bonds. The Morgan fingerprint density at radius 1 is 1.15 bits per heavy atom. The average Bonchev–Trinajstić information content (AvgIpc) is 2.35. The highest BCUT2D eigenvalue weighted by Gasteiger charge is 2.15. The molecule has 0 bridgehead atoms. The molecule has 1 aromatic rings. The number of nitrogens with zero attached hydrogens (tertiary/aromatic N) is 1. The van der Waals surface area contributed by atoms with Gasteiger partial charge in [0.25, 0.3) is 0 Å². The van der Waals surface area contributed by atoms with Crippen molar-refractivity contribution in [2.75, 3.05) is 18.0 Å². The SMILES string of the molecule is CCNC(C)c1ccc(N(CC(C)C)C(C)C)cc1Br. The van der Waals surface area contributed by atoms with Gasteiger partial charge in [0, 0.05) is 28.8 Å². The van der Waals surface area contributed by atoms with Crippen LogP contribution in [0.2, 0.25) is 0 Å². The van der Waals surface area contributed by atoms with E-state index in [4.69, 9.17) is 0 Å².